The van der Waals surface area contributed by atoms with Gasteiger partial charge in [0.15, 0.2) is 0 Å². The van der Waals surface area contributed by atoms with Crippen molar-refractivity contribution in [3.63, 3.8) is 0 Å². The van der Waals surface area contributed by atoms with Crippen molar-refractivity contribution in [2.75, 3.05) is 38.5 Å². The van der Waals surface area contributed by atoms with Gasteiger partial charge in [-0.2, -0.15) is 5.10 Å². The van der Waals surface area contributed by atoms with Crippen molar-refractivity contribution in [3.05, 3.63) is 12.7 Å². The van der Waals surface area contributed by atoms with Crippen LogP contribution in [0.15, 0.2) is 12.7 Å². The third-order valence-corrected chi connectivity index (χ3v) is 7.47. The standard InChI is InChI=1S/C17H29N5O4S/c1-3-10-27(24,25)22-6-4-17(5-7-22)12-20(8-9-26-17)16(23)15(2)11-21-14-18-13-19-21/h13-15H,3-12H2,1-2H3. The molecule has 1 aromatic rings. The summed E-state index contributed by atoms with van der Waals surface area (Å²) in [7, 11) is -3.18. The Hall–Kier alpha value is -1.52. The molecule has 0 aromatic carbocycles. The summed E-state index contributed by atoms with van der Waals surface area (Å²) in [6.45, 7) is 6.76. The predicted molar refractivity (Wildman–Crippen MR) is 99.3 cm³/mol. The third-order valence-electron chi connectivity index (χ3n) is 5.40. The van der Waals surface area contributed by atoms with Gasteiger partial charge < -0.3 is 9.64 Å². The van der Waals surface area contributed by atoms with Gasteiger partial charge in [-0.15, -0.1) is 0 Å². The van der Waals surface area contributed by atoms with E-state index in [-0.39, 0.29) is 17.6 Å². The molecule has 0 saturated carbocycles. The first-order valence-electron chi connectivity index (χ1n) is 9.58. The minimum Gasteiger partial charge on any atom is -0.371 e. The number of morpholine rings is 1. The van der Waals surface area contributed by atoms with Crippen LogP contribution < -0.4 is 0 Å². The summed E-state index contributed by atoms with van der Waals surface area (Å²) in [5, 5.41) is 4.06. The van der Waals surface area contributed by atoms with E-state index in [0.29, 0.717) is 58.6 Å². The van der Waals surface area contributed by atoms with Crippen LogP contribution in [-0.4, -0.2) is 82.4 Å². The molecule has 27 heavy (non-hydrogen) atoms. The molecule has 10 heteroatoms. The van der Waals surface area contributed by atoms with E-state index in [9.17, 15) is 13.2 Å². The van der Waals surface area contributed by atoms with Crippen molar-refractivity contribution >= 4 is 15.9 Å². The van der Waals surface area contributed by atoms with Gasteiger partial charge in [0.25, 0.3) is 0 Å². The van der Waals surface area contributed by atoms with E-state index in [1.165, 1.54) is 6.33 Å². The maximum atomic E-state index is 12.9. The summed E-state index contributed by atoms with van der Waals surface area (Å²) in [4.78, 5) is 18.6. The number of piperidine rings is 1. The quantitative estimate of drug-likeness (QED) is 0.685. The van der Waals surface area contributed by atoms with Crippen LogP contribution in [0.1, 0.15) is 33.1 Å². The van der Waals surface area contributed by atoms with Gasteiger partial charge >= 0.3 is 0 Å². The molecule has 0 aliphatic carbocycles. The lowest BCUT2D eigenvalue weighted by molar-refractivity contribution is -0.160. The van der Waals surface area contributed by atoms with Gasteiger partial charge in [0, 0.05) is 26.2 Å². The molecule has 152 valence electrons. The Bertz CT molecular complexity index is 729. The Morgan fingerprint density at radius 3 is 2.67 bits per heavy atom. The predicted octanol–water partition coefficient (Wildman–Crippen LogP) is 0.347. The van der Waals surface area contributed by atoms with E-state index >= 15 is 0 Å². The summed E-state index contributed by atoms with van der Waals surface area (Å²) in [5.41, 5.74) is -0.431. The lowest BCUT2D eigenvalue weighted by Crippen LogP contribution is -2.59. The fourth-order valence-electron chi connectivity index (χ4n) is 3.89. The molecular weight excluding hydrogens is 370 g/mol. The van der Waals surface area contributed by atoms with Crippen molar-refractivity contribution < 1.29 is 17.9 Å². The molecule has 2 aliphatic rings. The van der Waals surface area contributed by atoms with Crippen molar-refractivity contribution in [1.29, 1.82) is 0 Å². The van der Waals surface area contributed by atoms with E-state index in [2.05, 4.69) is 10.1 Å². The van der Waals surface area contributed by atoms with Crippen molar-refractivity contribution in [3.8, 4) is 0 Å². The molecule has 1 aromatic heterocycles. The van der Waals surface area contributed by atoms with Crippen molar-refractivity contribution in [1.82, 2.24) is 24.0 Å². The number of carbonyl (C=O) groups is 1. The van der Waals surface area contributed by atoms with E-state index in [0.717, 1.165) is 0 Å². The Morgan fingerprint density at radius 2 is 2.04 bits per heavy atom. The maximum absolute atomic E-state index is 12.9. The van der Waals surface area contributed by atoms with Gasteiger partial charge in [-0.25, -0.2) is 17.7 Å². The van der Waals surface area contributed by atoms with E-state index in [1.54, 1.807) is 15.3 Å². The molecule has 2 saturated heterocycles. The minimum atomic E-state index is -3.18. The number of hydrogen-bond donors (Lipinski definition) is 0. The molecule has 1 spiro atoms. The van der Waals surface area contributed by atoms with Gasteiger partial charge in [-0.1, -0.05) is 13.8 Å². The molecule has 0 bridgehead atoms. The van der Waals surface area contributed by atoms with Crippen LogP contribution in [0, 0.1) is 5.92 Å². The highest BCUT2D eigenvalue weighted by atomic mass is 32.2. The SMILES string of the molecule is CCCS(=O)(=O)N1CCC2(CC1)CN(C(=O)C(C)Cn1cncn1)CCO2. The summed E-state index contributed by atoms with van der Waals surface area (Å²) in [6.07, 6.45) is 4.93. The molecule has 9 nitrogen and oxygen atoms in total. The first kappa shape index (κ1) is 20.2. The molecule has 1 unspecified atom stereocenters. The maximum Gasteiger partial charge on any atom is 0.227 e. The molecular formula is C17H29N5O4S. The number of aromatic nitrogens is 3. The molecule has 3 rings (SSSR count). The zero-order valence-corrected chi connectivity index (χ0v) is 16.9. The van der Waals surface area contributed by atoms with E-state index in [4.69, 9.17) is 4.74 Å². The summed E-state index contributed by atoms with van der Waals surface area (Å²) < 4.78 is 33.8. The smallest absolute Gasteiger partial charge is 0.227 e. The second kappa shape index (κ2) is 8.24. The van der Waals surface area contributed by atoms with Gasteiger partial charge in [0.2, 0.25) is 15.9 Å². The first-order chi connectivity index (χ1) is 12.9. The zero-order valence-electron chi connectivity index (χ0n) is 16.1. The van der Waals surface area contributed by atoms with Gasteiger partial charge in [-0.05, 0) is 19.3 Å². The fraction of sp³-hybridized carbons (Fsp3) is 0.824. The highest BCUT2D eigenvalue weighted by Gasteiger charge is 2.43. The molecule has 2 fully saturated rings. The highest BCUT2D eigenvalue weighted by molar-refractivity contribution is 7.89. The summed E-state index contributed by atoms with van der Waals surface area (Å²) in [5.74, 6) is 0.0618. The van der Waals surface area contributed by atoms with Crippen LogP contribution in [0.5, 0.6) is 0 Å². The fourth-order valence-corrected chi connectivity index (χ4v) is 5.40. The minimum absolute atomic E-state index is 0.0780. The zero-order chi connectivity index (χ0) is 19.5. The monoisotopic (exact) mass is 399 g/mol. The van der Waals surface area contributed by atoms with Crippen LogP contribution in [0.25, 0.3) is 0 Å². The van der Waals surface area contributed by atoms with Crippen LogP contribution in [0.4, 0.5) is 0 Å². The molecule has 2 aliphatic heterocycles. The highest BCUT2D eigenvalue weighted by Crippen LogP contribution is 2.32. The van der Waals surface area contributed by atoms with Crippen LogP contribution in [0.3, 0.4) is 0 Å². The lowest BCUT2D eigenvalue weighted by atomic mass is 9.90. The molecule has 0 radical (unpaired) electrons. The molecule has 3 heterocycles. The number of ether oxygens (including phenoxy) is 1. The Balaban J connectivity index is 1.58. The van der Waals surface area contributed by atoms with Gasteiger partial charge in [0.05, 0.1) is 30.4 Å². The molecule has 1 atom stereocenters. The first-order valence-corrected chi connectivity index (χ1v) is 11.2. The average molecular weight is 400 g/mol. The molecule has 1 amide bonds. The number of carbonyl (C=O) groups excluding carboxylic acids is 1. The lowest BCUT2D eigenvalue weighted by Gasteiger charge is -2.47. The number of rotatable bonds is 6. The number of hydrogen-bond acceptors (Lipinski definition) is 6. The van der Waals surface area contributed by atoms with Gasteiger partial charge in [0.1, 0.15) is 12.7 Å². The van der Waals surface area contributed by atoms with Crippen molar-refractivity contribution in [2.45, 2.75) is 45.3 Å². The Morgan fingerprint density at radius 1 is 1.30 bits per heavy atom. The van der Waals surface area contributed by atoms with E-state index in [1.807, 2.05) is 18.7 Å². The van der Waals surface area contributed by atoms with Crippen LogP contribution >= 0.6 is 0 Å². The number of amides is 1. The molecule has 0 N–H and O–H groups in total. The second-order valence-corrected chi connectivity index (χ2v) is 9.61. The largest absolute Gasteiger partial charge is 0.371 e. The van der Waals surface area contributed by atoms with Gasteiger partial charge in [-0.3, -0.25) is 9.48 Å². The van der Waals surface area contributed by atoms with Crippen LogP contribution in [-0.2, 0) is 26.1 Å². The summed E-state index contributed by atoms with van der Waals surface area (Å²) in [6, 6.07) is 0. The summed E-state index contributed by atoms with van der Waals surface area (Å²) >= 11 is 0. The number of sulfonamides is 1. The Labute approximate surface area is 160 Å². The van der Waals surface area contributed by atoms with Crippen molar-refractivity contribution in [2.24, 2.45) is 5.92 Å². The topological polar surface area (TPSA) is 97.6 Å². The third kappa shape index (κ3) is 4.67. The second-order valence-electron chi connectivity index (χ2n) is 7.52. The van der Waals surface area contributed by atoms with E-state index < -0.39 is 15.6 Å². The average Bonchev–Trinajstić information content (AvgIpc) is 3.14. The van der Waals surface area contributed by atoms with Crippen LogP contribution in [0.2, 0.25) is 0 Å². The number of nitrogens with zero attached hydrogens (tertiary/aromatic N) is 5. The normalized spacial score (nSPS) is 22.1. The Kier molecular flexibility index (Phi) is 6.17.